The molecular weight excluding hydrogens is 548 g/mol. The minimum Gasteiger partial charge on any atom is -0.390 e. The van der Waals surface area contributed by atoms with Crippen LogP contribution < -0.4 is 5.73 Å². The number of hydrogen-bond acceptors (Lipinski definition) is 4. The van der Waals surface area contributed by atoms with Crippen molar-refractivity contribution >= 4 is 17.9 Å². The first-order valence-corrected chi connectivity index (χ1v) is 14.8. The Kier molecular flexibility index (Phi) is 12.6. The van der Waals surface area contributed by atoms with Crippen molar-refractivity contribution in [2.45, 2.75) is 65.6 Å². The smallest absolute Gasteiger partial charge is 0.254 e. The highest BCUT2D eigenvalue weighted by atomic mass is 19.1. The molecular formula is C35H43F2N3O3. The second kappa shape index (κ2) is 16.1. The summed E-state index contributed by atoms with van der Waals surface area (Å²) in [5.74, 6) is -1.95. The van der Waals surface area contributed by atoms with E-state index in [0.717, 1.165) is 35.6 Å². The molecule has 2 atom stereocenters. The molecule has 0 heterocycles. The van der Waals surface area contributed by atoms with Gasteiger partial charge in [0.25, 0.3) is 11.8 Å². The van der Waals surface area contributed by atoms with Crippen LogP contribution in [0, 0.1) is 18.6 Å². The molecule has 3 N–H and O–H groups in total. The predicted molar refractivity (Wildman–Crippen MR) is 168 cm³/mol. The van der Waals surface area contributed by atoms with Crippen molar-refractivity contribution in [1.29, 1.82) is 0 Å². The highest BCUT2D eigenvalue weighted by Crippen LogP contribution is 2.19. The van der Waals surface area contributed by atoms with Gasteiger partial charge in [-0.1, -0.05) is 44.2 Å². The van der Waals surface area contributed by atoms with E-state index < -0.39 is 23.8 Å². The van der Waals surface area contributed by atoms with Crippen LogP contribution in [0.2, 0.25) is 0 Å². The molecule has 0 aromatic heterocycles. The highest BCUT2D eigenvalue weighted by molar-refractivity contribution is 6.00. The van der Waals surface area contributed by atoms with Gasteiger partial charge in [-0.15, -0.1) is 0 Å². The molecule has 0 fully saturated rings. The fourth-order valence-electron chi connectivity index (χ4n) is 5.18. The lowest BCUT2D eigenvalue weighted by molar-refractivity contribution is 0.0554. The van der Waals surface area contributed by atoms with Crippen molar-refractivity contribution in [1.82, 2.24) is 9.80 Å². The van der Waals surface area contributed by atoms with Crippen LogP contribution in [0.25, 0.3) is 6.08 Å². The number of carbonyl (C=O) groups is 2. The average molecular weight is 592 g/mol. The third-order valence-electron chi connectivity index (χ3n) is 7.11. The summed E-state index contributed by atoms with van der Waals surface area (Å²) >= 11 is 0. The molecule has 0 bridgehead atoms. The quantitative estimate of drug-likeness (QED) is 0.236. The monoisotopic (exact) mass is 591 g/mol. The minimum absolute atomic E-state index is 0.0163. The second-order valence-corrected chi connectivity index (χ2v) is 11.0. The van der Waals surface area contributed by atoms with Gasteiger partial charge in [-0.05, 0) is 91.8 Å². The van der Waals surface area contributed by atoms with E-state index in [1.165, 1.54) is 17.0 Å². The number of amides is 2. The number of carbonyl (C=O) groups excluding carboxylic acids is 2. The lowest BCUT2D eigenvalue weighted by Gasteiger charge is -2.29. The highest BCUT2D eigenvalue weighted by Gasteiger charge is 2.25. The Morgan fingerprint density at radius 3 is 2.07 bits per heavy atom. The zero-order valence-electron chi connectivity index (χ0n) is 25.5. The first kappa shape index (κ1) is 33.6. The van der Waals surface area contributed by atoms with Crippen LogP contribution in [-0.4, -0.2) is 58.5 Å². The summed E-state index contributed by atoms with van der Waals surface area (Å²) in [5, 5.41) is 11.1. The minimum atomic E-state index is -1.19. The number of hydrogen-bond donors (Lipinski definition) is 2. The lowest BCUT2D eigenvalue weighted by Crippen LogP contribution is -2.46. The number of nitrogens with zero attached hydrogens (tertiary/aromatic N) is 2. The van der Waals surface area contributed by atoms with Crippen LogP contribution in [-0.2, 0) is 13.0 Å². The molecule has 230 valence electrons. The van der Waals surface area contributed by atoms with Gasteiger partial charge in [0, 0.05) is 49.4 Å². The van der Waals surface area contributed by atoms with Gasteiger partial charge in [0.2, 0.25) is 0 Å². The number of halogens is 2. The standard InChI is InChI=1S/C35H43F2N3O3/c1-5-9-25-10-8-11-26(16-25)22-40(23-33(41)32(38)19-27-17-30(36)21-31(37)18-27)35(43)29-15-24(4)14-28(20-29)34(42)39(12-6-2)13-7-3/h5,8-11,14-18,20-21,32-33,41H,6-7,12-13,19,22-23,38H2,1-4H3. The second-order valence-electron chi connectivity index (χ2n) is 11.0. The summed E-state index contributed by atoms with van der Waals surface area (Å²) in [6.45, 7) is 9.10. The van der Waals surface area contributed by atoms with Crippen LogP contribution in [0.15, 0.2) is 66.7 Å². The third-order valence-corrected chi connectivity index (χ3v) is 7.11. The number of aryl methyl sites for hydroxylation is 1. The normalized spacial score (nSPS) is 12.7. The van der Waals surface area contributed by atoms with E-state index in [2.05, 4.69) is 0 Å². The largest absolute Gasteiger partial charge is 0.390 e. The lowest BCUT2D eigenvalue weighted by atomic mass is 10.00. The van der Waals surface area contributed by atoms with E-state index in [0.29, 0.717) is 29.8 Å². The van der Waals surface area contributed by atoms with Crippen molar-refractivity contribution in [3.8, 4) is 0 Å². The third kappa shape index (κ3) is 9.83. The average Bonchev–Trinajstić information content (AvgIpc) is 2.95. The zero-order valence-corrected chi connectivity index (χ0v) is 25.5. The van der Waals surface area contributed by atoms with Crippen LogP contribution in [0.5, 0.6) is 0 Å². The first-order chi connectivity index (χ1) is 20.5. The Hall–Kier alpha value is -3.88. The molecule has 0 aliphatic heterocycles. The summed E-state index contributed by atoms with van der Waals surface area (Å²) in [6, 6.07) is 15.1. The molecule has 6 nitrogen and oxygen atoms in total. The molecule has 0 saturated carbocycles. The first-order valence-electron chi connectivity index (χ1n) is 14.8. The maximum atomic E-state index is 14.0. The van der Waals surface area contributed by atoms with E-state index in [4.69, 9.17) is 5.73 Å². The van der Waals surface area contributed by atoms with Gasteiger partial charge in [-0.25, -0.2) is 8.78 Å². The number of allylic oxidation sites excluding steroid dienone is 1. The maximum absolute atomic E-state index is 14.0. The van der Waals surface area contributed by atoms with Gasteiger partial charge >= 0.3 is 0 Å². The zero-order chi connectivity index (χ0) is 31.5. The van der Waals surface area contributed by atoms with E-state index in [9.17, 15) is 23.5 Å². The van der Waals surface area contributed by atoms with Gasteiger partial charge < -0.3 is 20.6 Å². The van der Waals surface area contributed by atoms with Crippen molar-refractivity contribution in [3.63, 3.8) is 0 Å². The summed E-state index contributed by atoms with van der Waals surface area (Å²) in [6.07, 6.45) is 4.35. The molecule has 2 unspecified atom stereocenters. The summed E-state index contributed by atoms with van der Waals surface area (Å²) < 4.78 is 27.5. The SMILES string of the molecule is CC=Cc1cccc(CN(CC(O)C(N)Cc2cc(F)cc(F)c2)C(=O)c2cc(C)cc(C(=O)N(CCC)CCC)c2)c1. The molecule has 0 spiro atoms. The summed E-state index contributed by atoms with van der Waals surface area (Å²) in [4.78, 5) is 30.7. The van der Waals surface area contributed by atoms with E-state index in [1.54, 1.807) is 23.1 Å². The Bertz CT molecular complexity index is 1400. The Balaban J connectivity index is 1.93. The molecule has 0 saturated heterocycles. The van der Waals surface area contributed by atoms with Crippen molar-refractivity contribution in [2.75, 3.05) is 19.6 Å². The molecule has 43 heavy (non-hydrogen) atoms. The molecule has 2 amide bonds. The van der Waals surface area contributed by atoms with Gasteiger partial charge in [0.15, 0.2) is 0 Å². The number of aliphatic hydroxyl groups is 1. The van der Waals surface area contributed by atoms with Crippen LogP contribution in [0.3, 0.4) is 0 Å². The van der Waals surface area contributed by atoms with Crippen LogP contribution in [0.4, 0.5) is 8.78 Å². The molecule has 3 aromatic carbocycles. The van der Waals surface area contributed by atoms with E-state index in [-0.39, 0.29) is 31.3 Å². The molecule has 8 heteroatoms. The maximum Gasteiger partial charge on any atom is 0.254 e. The molecule has 0 radical (unpaired) electrons. The van der Waals surface area contributed by atoms with Crippen molar-refractivity contribution in [2.24, 2.45) is 5.73 Å². The summed E-state index contributed by atoms with van der Waals surface area (Å²) in [7, 11) is 0. The Labute approximate surface area is 253 Å². The fraction of sp³-hybridized carbons (Fsp3) is 0.371. The van der Waals surface area contributed by atoms with Crippen molar-refractivity contribution < 1.29 is 23.5 Å². The topological polar surface area (TPSA) is 86.9 Å². The van der Waals surface area contributed by atoms with E-state index >= 15 is 0 Å². The van der Waals surface area contributed by atoms with Gasteiger partial charge in [0.1, 0.15) is 11.6 Å². The molecule has 3 rings (SSSR count). The molecule has 0 aliphatic carbocycles. The fourth-order valence-corrected chi connectivity index (χ4v) is 5.18. The van der Waals surface area contributed by atoms with Gasteiger partial charge in [0.05, 0.1) is 6.10 Å². The predicted octanol–water partition coefficient (Wildman–Crippen LogP) is 6.14. The van der Waals surface area contributed by atoms with Crippen LogP contribution in [0.1, 0.15) is 76.6 Å². The van der Waals surface area contributed by atoms with Crippen molar-refractivity contribution in [3.05, 3.63) is 112 Å². The summed E-state index contributed by atoms with van der Waals surface area (Å²) in [5.41, 5.74) is 9.93. The van der Waals surface area contributed by atoms with Crippen LogP contribution >= 0.6 is 0 Å². The number of benzene rings is 3. The number of nitrogens with two attached hydrogens (primary N) is 1. The number of rotatable bonds is 14. The van der Waals surface area contributed by atoms with E-state index in [1.807, 2.05) is 64.1 Å². The Morgan fingerprint density at radius 1 is 0.884 bits per heavy atom. The molecule has 0 aliphatic rings. The van der Waals surface area contributed by atoms with Gasteiger partial charge in [-0.2, -0.15) is 0 Å². The molecule has 3 aromatic rings. The van der Waals surface area contributed by atoms with Gasteiger partial charge in [-0.3, -0.25) is 9.59 Å². The number of aliphatic hydroxyl groups excluding tert-OH is 1. The Morgan fingerprint density at radius 2 is 1.49 bits per heavy atom.